The number of benzene rings is 1. The van der Waals surface area contributed by atoms with Crippen molar-refractivity contribution in [1.29, 1.82) is 0 Å². The minimum Gasteiger partial charge on any atom is -0.443 e. The third kappa shape index (κ3) is 2.43. The summed E-state index contributed by atoms with van der Waals surface area (Å²) in [5, 5.41) is 0. The van der Waals surface area contributed by atoms with Gasteiger partial charge in [-0.05, 0) is 5.41 Å². The smallest absolute Gasteiger partial charge is 0.182 e. The minimum atomic E-state index is -0.00740. The highest BCUT2D eigenvalue weighted by molar-refractivity contribution is 5.91. The molecule has 2 aromatic heterocycles. The summed E-state index contributed by atoms with van der Waals surface area (Å²) in [5.74, 6) is 0.971. The van der Waals surface area contributed by atoms with Crippen molar-refractivity contribution in [3.63, 3.8) is 0 Å². The zero-order valence-electron chi connectivity index (χ0n) is 14.1. The Morgan fingerprint density at radius 3 is 2.32 bits per heavy atom. The number of nitrogens with one attached hydrogen (secondary N) is 1. The number of H-pyrrole nitrogens is 1. The summed E-state index contributed by atoms with van der Waals surface area (Å²) >= 11 is 0. The molecule has 1 N–H and O–H groups in total. The number of nitrogens with zero attached hydrogens (tertiary/aromatic N) is 2. The molecule has 4 nitrogen and oxygen atoms in total. The van der Waals surface area contributed by atoms with E-state index in [1.54, 1.807) is 0 Å². The molecule has 0 fully saturated rings. The molecular formula is C18H25N3O. The van der Waals surface area contributed by atoms with Crippen LogP contribution in [-0.2, 0) is 10.8 Å². The van der Waals surface area contributed by atoms with E-state index in [9.17, 15) is 0 Å². The van der Waals surface area contributed by atoms with Gasteiger partial charge in [-0.3, -0.25) is 0 Å². The van der Waals surface area contributed by atoms with E-state index in [1.165, 1.54) is 12.0 Å². The average Bonchev–Trinajstić information content (AvgIpc) is 3.04. The molecule has 0 amide bonds. The van der Waals surface area contributed by atoms with Crippen molar-refractivity contribution < 1.29 is 5.84 Å². The monoisotopic (exact) mass is 299 g/mol. The molecule has 0 aliphatic carbocycles. The summed E-state index contributed by atoms with van der Waals surface area (Å²) in [7, 11) is 0. The first-order chi connectivity index (χ1) is 10.2. The predicted octanol–water partition coefficient (Wildman–Crippen LogP) is 5.06. The van der Waals surface area contributed by atoms with Crippen molar-refractivity contribution in [1.82, 2.24) is 15.0 Å². The summed E-state index contributed by atoms with van der Waals surface area (Å²) in [6, 6.07) is 4.23. The second-order valence-electron chi connectivity index (χ2n) is 7.84. The first kappa shape index (κ1) is 14.8. The highest BCUT2D eigenvalue weighted by atomic mass is 16.3. The van der Waals surface area contributed by atoms with Crippen molar-refractivity contribution >= 4 is 11.1 Å². The van der Waals surface area contributed by atoms with Crippen LogP contribution in [0, 0.1) is 0 Å². The van der Waals surface area contributed by atoms with Gasteiger partial charge in [0.2, 0.25) is 0 Å². The molecule has 0 atom stereocenters. The highest BCUT2D eigenvalue weighted by Gasteiger charge is 2.23. The highest BCUT2D eigenvalue weighted by Crippen LogP contribution is 2.35. The Balaban J connectivity index is 0.00000192. The lowest BCUT2D eigenvalue weighted by atomic mass is 9.85. The van der Waals surface area contributed by atoms with Crippen LogP contribution in [0.15, 0.2) is 29.1 Å². The standard InChI is InChI=1S/C18H23N3O.H2/c1-17(2,3)12-8-7-11(14-15(12)22-10-20-14)13-9-19-16(21-13)18(4,5)6;/h7-10H,1-6H3,(H,19,21);1H. The first-order valence-corrected chi connectivity index (χ1v) is 7.60. The number of aromatic nitrogens is 3. The van der Waals surface area contributed by atoms with E-state index >= 15 is 0 Å². The SMILES string of the molecule is CC(C)(C)c1ncc(-c2ccc(C(C)(C)C)c3ocnc23)[nH]1.[HH]. The molecule has 0 saturated carbocycles. The van der Waals surface area contributed by atoms with Gasteiger partial charge < -0.3 is 9.40 Å². The number of rotatable bonds is 1. The molecule has 3 rings (SSSR count). The zero-order valence-corrected chi connectivity index (χ0v) is 14.1. The Bertz CT molecular complexity index is 819. The van der Waals surface area contributed by atoms with Crippen molar-refractivity contribution in [3.8, 4) is 11.3 Å². The van der Waals surface area contributed by atoms with Crippen molar-refractivity contribution in [2.24, 2.45) is 0 Å². The number of aromatic amines is 1. The molecule has 0 unspecified atom stereocenters. The fourth-order valence-electron chi connectivity index (χ4n) is 2.60. The molecular weight excluding hydrogens is 274 g/mol. The molecule has 3 aromatic rings. The van der Waals surface area contributed by atoms with Gasteiger partial charge in [0.1, 0.15) is 11.3 Å². The van der Waals surface area contributed by atoms with E-state index in [1.807, 2.05) is 6.20 Å². The summed E-state index contributed by atoms with van der Waals surface area (Å²) in [6.45, 7) is 13.0. The van der Waals surface area contributed by atoms with E-state index in [2.05, 4.69) is 68.6 Å². The van der Waals surface area contributed by atoms with Crippen LogP contribution in [0.3, 0.4) is 0 Å². The molecule has 0 radical (unpaired) electrons. The van der Waals surface area contributed by atoms with Crippen LogP contribution in [0.5, 0.6) is 0 Å². The van der Waals surface area contributed by atoms with Gasteiger partial charge in [0.15, 0.2) is 12.0 Å². The van der Waals surface area contributed by atoms with Crippen LogP contribution in [0.25, 0.3) is 22.4 Å². The van der Waals surface area contributed by atoms with E-state index in [4.69, 9.17) is 4.42 Å². The molecule has 0 aliphatic heterocycles. The molecule has 4 heteroatoms. The van der Waals surface area contributed by atoms with Gasteiger partial charge in [-0.1, -0.05) is 53.7 Å². The predicted molar refractivity (Wildman–Crippen MR) is 91.1 cm³/mol. The third-order valence-corrected chi connectivity index (χ3v) is 3.87. The van der Waals surface area contributed by atoms with Gasteiger partial charge in [-0.15, -0.1) is 0 Å². The Hall–Kier alpha value is -2.10. The van der Waals surface area contributed by atoms with E-state index in [-0.39, 0.29) is 12.3 Å². The quantitative estimate of drug-likeness (QED) is 0.683. The number of hydrogen-bond donors (Lipinski definition) is 1. The maximum Gasteiger partial charge on any atom is 0.182 e. The maximum atomic E-state index is 5.67. The average molecular weight is 299 g/mol. The van der Waals surface area contributed by atoms with Gasteiger partial charge in [0.05, 0.1) is 11.9 Å². The Kier molecular flexibility index (Phi) is 3.17. The fraction of sp³-hybridized carbons (Fsp3) is 0.444. The summed E-state index contributed by atoms with van der Waals surface area (Å²) < 4.78 is 5.67. The van der Waals surface area contributed by atoms with Crippen LogP contribution in [0.2, 0.25) is 0 Å². The molecule has 0 aliphatic rings. The zero-order chi connectivity index (χ0) is 16.1. The second kappa shape index (κ2) is 4.70. The molecule has 22 heavy (non-hydrogen) atoms. The lowest BCUT2D eigenvalue weighted by molar-refractivity contribution is 0.553. The molecule has 0 bridgehead atoms. The van der Waals surface area contributed by atoms with Crippen LogP contribution in [0.1, 0.15) is 54.4 Å². The summed E-state index contributed by atoms with van der Waals surface area (Å²) in [4.78, 5) is 12.4. The molecule has 2 heterocycles. The Morgan fingerprint density at radius 2 is 1.73 bits per heavy atom. The second-order valence-corrected chi connectivity index (χ2v) is 7.84. The summed E-state index contributed by atoms with van der Waals surface area (Å²) in [6.07, 6.45) is 3.39. The van der Waals surface area contributed by atoms with Crippen molar-refractivity contribution in [2.45, 2.75) is 52.4 Å². The van der Waals surface area contributed by atoms with Crippen molar-refractivity contribution in [3.05, 3.63) is 36.1 Å². The van der Waals surface area contributed by atoms with Gasteiger partial charge in [0.25, 0.3) is 0 Å². The van der Waals surface area contributed by atoms with E-state index < -0.39 is 0 Å². The van der Waals surface area contributed by atoms with Gasteiger partial charge in [-0.25, -0.2) is 9.97 Å². The lowest BCUT2D eigenvalue weighted by Crippen LogP contribution is -2.13. The van der Waals surface area contributed by atoms with Crippen LogP contribution >= 0.6 is 0 Å². The van der Waals surface area contributed by atoms with Gasteiger partial charge in [-0.2, -0.15) is 0 Å². The Morgan fingerprint density at radius 1 is 1.00 bits per heavy atom. The number of hydrogen-bond acceptors (Lipinski definition) is 3. The Labute approximate surface area is 132 Å². The van der Waals surface area contributed by atoms with Gasteiger partial charge in [0, 0.05) is 18.0 Å². The van der Waals surface area contributed by atoms with E-state index in [0.29, 0.717) is 0 Å². The van der Waals surface area contributed by atoms with Crippen LogP contribution < -0.4 is 0 Å². The molecule has 0 spiro atoms. The number of fused-ring (bicyclic) bond motifs is 1. The molecule has 0 saturated heterocycles. The van der Waals surface area contributed by atoms with Crippen molar-refractivity contribution in [2.75, 3.05) is 0 Å². The normalized spacial score (nSPS) is 13.0. The maximum absolute atomic E-state index is 5.67. The lowest BCUT2D eigenvalue weighted by Gasteiger charge is -2.19. The largest absolute Gasteiger partial charge is 0.443 e. The molecule has 118 valence electrons. The number of oxazole rings is 1. The van der Waals surface area contributed by atoms with Crippen LogP contribution in [-0.4, -0.2) is 15.0 Å². The molecule has 1 aromatic carbocycles. The fourth-order valence-corrected chi connectivity index (χ4v) is 2.60. The first-order valence-electron chi connectivity index (χ1n) is 7.60. The number of imidazole rings is 1. The minimum absolute atomic E-state index is 0. The van der Waals surface area contributed by atoms with E-state index in [0.717, 1.165) is 28.2 Å². The third-order valence-electron chi connectivity index (χ3n) is 3.87. The summed E-state index contributed by atoms with van der Waals surface area (Å²) in [5.41, 5.74) is 4.92. The van der Waals surface area contributed by atoms with Gasteiger partial charge >= 0.3 is 0 Å². The topological polar surface area (TPSA) is 54.7 Å². The van der Waals surface area contributed by atoms with Crippen LogP contribution in [0.4, 0.5) is 0 Å².